The number of carbonyl (C=O) groups excluding carboxylic acids is 2. The first-order valence-corrected chi connectivity index (χ1v) is 8.22. The average molecular weight is 317 g/mol. The number of nitrogens with zero attached hydrogens (tertiary/aromatic N) is 2. The van der Waals surface area contributed by atoms with E-state index in [1.807, 2.05) is 45.0 Å². The van der Waals surface area contributed by atoms with E-state index in [0.717, 1.165) is 12.1 Å². The van der Waals surface area contributed by atoms with Gasteiger partial charge in [0.05, 0.1) is 0 Å². The van der Waals surface area contributed by atoms with E-state index in [4.69, 9.17) is 0 Å². The quantitative estimate of drug-likeness (QED) is 0.912. The fourth-order valence-corrected chi connectivity index (χ4v) is 2.71. The van der Waals surface area contributed by atoms with Gasteiger partial charge in [-0.15, -0.1) is 0 Å². The monoisotopic (exact) mass is 317 g/mol. The van der Waals surface area contributed by atoms with E-state index < -0.39 is 6.04 Å². The summed E-state index contributed by atoms with van der Waals surface area (Å²) >= 11 is 0. The minimum atomic E-state index is -0.461. The van der Waals surface area contributed by atoms with Crippen molar-refractivity contribution in [1.82, 2.24) is 10.2 Å². The van der Waals surface area contributed by atoms with Crippen molar-refractivity contribution in [2.45, 2.75) is 52.6 Å². The van der Waals surface area contributed by atoms with E-state index in [2.05, 4.69) is 12.2 Å². The van der Waals surface area contributed by atoms with Gasteiger partial charge in [0, 0.05) is 24.3 Å². The van der Waals surface area contributed by atoms with Crippen molar-refractivity contribution in [2.75, 3.05) is 18.0 Å². The van der Waals surface area contributed by atoms with Crippen molar-refractivity contribution >= 4 is 17.6 Å². The van der Waals surface area contributed by atoms with Crippen LogP contribution in [0.15, 0.2) is 24.3 Å². The largest absolute Gasteiger partial charge is 0.333 e. The molecule has 3 amide bonds. The first kappa shape index (κ1) is 17.3. The van der Waals surface area contributed by atoms with Crippen LogP contribution in [0.2, 0.25) is 0 Å². The number of aryl methyl sites for hydroxylation is 1. The van der Waals surface area contributed by atoms with Crippen LogP contribution in [-0.4, -0.2) is 41.5 Å². The van der Waals surface area contributed by atoms with Crippen LogP contribution in [0.5, 0.6) is 0 Å². The van der Waals surface area contributed by atoms with Gasteiger partial charge in [-0.25, -0.2) is 4.79 Å². The second kappa shape index (κ2) is 6.60. The summed E-state index contributed by atoms with van der Waals surface area (Å²) < 4.78 is 0. The number of anilines is 1. The molecule has 0 saturated carbocycles. The zero-order valence-corrected chi connectivity index (χ0v) is 14.7. The minimum Gasteiger partial charge on any atom is -0.333 e. The molecule has 0 unspecified atom stereocenters. The van der Waals surface area contributed by atoms with Gasteiger partial charge >= 0.3 is 6.03 Å². The summed E-state index contributed by atoms with van der Waals surface area (Å²) in [6.45, 7) is 10.7. The number of hydrogen-bond acceptors (Lipinski definition) is 2. The van der Waals surface area contributed by atoms with Crippen LogP contribution in [0.25, 0.3) is 0 Å². The van der Waals surface area contributed by atoms with Gasteiger partial charge in [0.15, 0.2) is 0 Å². The van der Waals surface area contributed by atoms with Gasteiger partial charge in [-0.2, -0.15) is 0 Å². The van der Waals surface area contributed by atoms with Crippen LogP contribution in [0.1, 0.15) is 40.2 Å². The fraction of sp³-hybridized carbons (Fsp3) is 0.556. The number of carbonyl (C=O) groups is 2. The summed E-state index contributed by atoms with van der Waals surface area (Å²) in [6, 6.07) is 7.41. The second-order valence-corrected chi connectivity index (χ2v) is 7.06. The molecule has 0 bridgehead atoms. The molecule has 1 aromatic rings. The lowest BCUT2D eigenvalue weighted by atomic mass is 10.1. The summed E-state index contributed by atoms with van der Waals surface area (Å²) in [5.74, 6) is -0.0374. The molecule has 1 aromatic carbocycles. The van der Waals surface area contributed by atoms with Crippen LogP contribution < -0.4 is 10.2 Å². The minimum absolute atomic E-state index is 0.0374. The normalized spacial score (nSPS) is 19.0. The van der Waals surface area contributed by atoms with Crippen LogP contribution in [0.4, 0.5) is 10.5 Å². The molecule has 1 fully saturated rings. The van der Waals surface area contributed by atoms with Gasteiger partial charge in [0.1, 0.15) is 6.04 Å². The highest BCUT2D eigenvalue weighted by Crippen LogP contribution is 2.21. The topological polar surface area (TPSA) is 52.6 Å². The molecule has 5 heteroatoms. The Balaban J connectivity index is 2.10. The molecule has 1 aliphatic rings. The number of urea groups is 1. The Labute approximate surface area is 138 Å². The molecule has 0 aromatic heterocycles. The Morgan fingerprint density at radius 3 is 2.35 bits per heavy atom. The molecule has 23 heavy (non-hydrogen) atoms. The van der Waals surface area contributed by atoms with Crippen molar-refractivity contribution in [3.05, 3.63) is 29.8 Å². The standard InChI is InChI=1S/C18H27N3O2/c1-6-14-7-9-15(10-8-14)21-12-11-20(13(2)16(21)22)17(23)19-18(3,4)5/h7-10,13H,6,11-12H2,1-5H3,(H,19,23)/t13-/m1/s1. The SMILES string of the molecule is CCc1ccc(N2CCN(C(=O)NC(C)(C)C)[C@H](C)C2=O)cc1. The lowest BCUT2D eigenvalue weighted by molar-refractivity contribution is -0.124. The summed E-state index contributed by atoms with van der Waals surface area (Å²) in [5.41, 5.74) is 1.83. The lowest BCUT2D eigenvalue weighted by Crippen LogP contribution is -2.61. The number of piperazine rings is 1. The van der Waals surface area contributed by atoms with Crippen LogP contribution in [-0.2, 0) is 11.2 Å². The van der Waals surface area contributed by atoms with Gasteiger partial charge in [0.2, 0.25) is 5.91 Å². The predicted molar refractivity (Wildman–Crippen MR) is 92.6 cm³/mol. The first-order chi connectivity index (χ1) is 10.7. The Morgan fingerprint density at radius 2 is 1.83 bits per heavy atom. The zero-order chi connectivity index (χ0) is 17.2. The van der Waals surface area contributed by atoms with Crippen molar-refractivity contribution < 1.29 is 9.59 Å². The van der Waals surface area contributed by atoms with Gasteiger partial charge in [-0.3, -0.25) is 4.79 Å². The van der Waals surface area contributed by atoms with Gasteiger partial charge < -0.3 is 15.1 Å². The molecule has 2 rings (SSSR count). The Kier molecular flexibility index (Phi) is 4.97. The van der Waals surface area contributed by atoms with Gasteiger partial charge in [-0.05, 0) is 51.8 Å². The number of nitrogens with one attached hydrogen (secondary N) is 1. The Hall–Kier alpha value is -2.04. The molecule has 1 aliphatic heterocycles. The smallest absolute Gasteiger partial charge is 0.318 e. The highest BCUT2D eigenvalue weighted by atomic mass is 16.2. The molecule has 1 N–H and O–H groups in total. The molecule has 1 atom stereocenters. The molecule has 0 spiro atoms. The number of amides is 3. The maximum absolute atomic E-state index is 12.7. The number of rotatable bonds is 2. The van der Waals surface area contributed by atoms with Crippen LogP contribution in [0, 0.1) is 0 Å². The van der Waals surface area contributed by atoms with Gasteiger partial charge in [0.25, 0.3) is 0 Å². The van der Waals surface area contributed by atoms with Crippen LogP contribution >= 0.6 is 0 Å². The van der Waals surface area contributed by atoms with E-state index >= 15 is 0 Å². The highest BCUT2D eigenvalue weighted by Gasteiger charge is 2.35. The van der Waals surface area contributed by atoms with E-state index in [1.165, 1.54) is 5.56 Å². The summed E-state index contributed by atoms with van der Waals surface area (Å²) in [7, 11) is 0. The third-order valence-electron chi connectivity index (χ3n) is 4.05. The van der Waals surface area contributed by atoms with Crippen molar-refractivity contribution in [2.24, 2.45) is 0 Å². The third kappa shape index (κ3) is 4.03. The summed E-state index contributed by atoms with van der Waals surface area (Å²) in [6.07, 6.45) is 0.978. The average Bonchev–Trinajstić information content (AvgIpc) is 2.48. The summed E-state index contributed by atoms with van der Waals surface area (Å²) in [5, 5.41) is 2.93. The molecule has 5 nitrogen and oxygen atoms in total. The van der Waals surface area contributed by atoms with E-state index in [1.54, 1.807) is 16.7 Å². The van der Waals surface area contributed by atoms with Crippen molar-refractivity contribution in [1.29, 1.82) is 0 Å². The van der Waals surface area contributed by atoms with E-state index in [-0.39, 0.29) is 17.5 Å². The third-order valence-corrected chi connectivity index (χ3v) is 4.05. The maximum Gasteiger partial charge on any atom is 0.318 e. The molecular weight excluding hydrogens is 290 g/mol. The Morgan fingerprint density at radius 1 is 1.22 bits per heavy atom. The molecule has 1 saturated heterocycles. The fourth-order valence-electron chi connectivity index (χ4n) is 2.71. The second-order valence-electron chi connectivity index (χ2n) is 7.06. The first-order valence-electron chi connectivity index (χ1n) is 8.22. The lowest BCUT2D eigenvalue weighted by Gasteiger charge is -2.40. The molecule has 1 heterocycles. The molecule has 0 radical (unpaired) electrons. The van der Waals surface area contributed by atoms with Crippen molar-refractivity contribution in [3.8, 4) is 0 Å². The Bertz CT molecular complexity index is 575. The van der Waals surface area contributed by atoms with E-state index in [0.29, 0.717) is 13.1 Å². The summed E-state index contributed by atoms with van der Waals surface area (Å²) in [4.78, 5) is 28.4. The van der Waals surface area contributed by atoms with Crippen molar-refractivity contribution in [3.63, 3.8) is 0 Å². The maximum atomic E-state index is 12.7. The van der Waals surface area contributed by atoms with E-state index in [9.17, 15) is 9.59 Å². The molecule has 0 aliphatic carbocycles. The van der Waals surface area contributed by atoms with Crippen LogP contribution in [0.3, 0.4) is 0 Å². The van der Waals surface area contributed by atoms with Gasteiger partial charge in [-0.1, -0.05) is 19.1 Å². The number of hydrogen-bond donors (Lipinski definition) is 1. The molecule has 126 valence electrons. The highest BCUT2D eigenvalue weighted by molar-refractivity contribution is 6.00. The zero-order valence-electron chi connectivity index (χ0n) is 14.7. The number of benzene rings is 1. The predicted octanol–water partition coefficient (Wildman–Crippen LogP) is 2.79. The molecular formula is C18H27N3O2.